The van der Waals surface area contributed by atoms with Crippen LogP contribution >= 0.6 is 0 Å². The zero-order valence-electron chi connectivity index (χ0n) is 14.8. The minimum absolute atomic E-state index is 0.296. The van der Waals surface area contributed by atoms with Crippen molar-refractivity contribution >= 4 is 0 Å². The Balaban J connectivity index is 1.31. The summed E-state index contributed by atoms with van der Waals surface area (Å²) in [5, 5.41) is 10.6. The lowest BCUT2D eigenvalue weighted by Crippen LogP contribution is -2.35. The molecule has 0 aliphatic carbocycles. The molecule has 1 N–H and O–H groups in total. The van der Waals surface area contributed by atoms with E-state index in [0.717, 1.165) is 43.9 Å². The number of hydrogen-bond donors (Lipinski definition) is 1. The van der Waals surface area contributed by atoms with Gasteiger partial charge in [-0.1, -0.05) is 18.2 Å². The Morgan fingerprint density at radius 3 is 2.50 bits per heavy atom. The highest BCUT2D eigenvalue weighted by Gasteiger charge is 2.26. The van der Waals surface area contributed by atoms with Gasteiger partial charge in [0.05, 0.1) is 18.1 Å². The van der Waals surface area contributed by atoms with E-state index in [0.29, 0.717) is 5.92 Å². The normalized spacial score (nSPS) is 17.3. The fourth-order valence-corrected chi connectivity index (χ4v) is 3.66. The molecule has 0 amide bonds. The molecule has 26 heavy (non-hydrogen) atoms. The second-order valence-electron chi connectivity index (χ2n) is 6.95. The largest absolute Gasteiger partial charge is 0.387 e. The van der Waals surface area contributed by atoms with Crippen LogP contribution in [0, 0.1) is 5.92 Å². The Bertz CT molecular complexity index is 794. The Kier molecular flexibility index (Phi) is 5.09. The van der Waals surface area contributed by atoms with Gasteiger partial charge in [-0.2, -0.15) is 0 Å². The quantitative estimate of drug-likeness (QED) is 0.769. The smallest absolute Gasteiger partial charge is 0.0991 e. The SMILES string of the molecule is OC(c1ccccn1)C1CCN(Cc2ccc(-n3ccnc3)cc2)CC1. The summed E-state index contributed by atoms with van der Waals surface area (Å²) in [5.41, 5.74) is 3.24. The van der Waals surface area contributed by atoms with Crippen molar-refractivity contribution in [1.82, 2.24) is 19.4 Å². The van der Waals surface area contributed by atoms with Gasteiger partial charge in [0.15, 0.2) is 0 Å². The number of likely N-dealkylation sites (tertiary alicyclic amines) is 1. The molecule has 0 bridgehead atoms. The van der Waals surface area contributed by atoms with E-state index in [9.17, 15) is 5.11 Å². The molecule has 134 valence electrons. The zero-order valence-corrected chi connectivity index (χ0v) is 14.8. The average molecular weight is 348 g/mol. The van der Waals surface area contributed by atoms with Crippen LogP contribution in [0.5, 0.6) is 0 Å². The van der Waals surface area contributed by atoms with Crippen LogP contribution in [0.15, 0.2) is 67.4 Å². The minimum Gasteiger partial charge on any atom is -0.387 e. The highest BCUT2D eigenvalue weighted by atomic mass is 16.3. The third-order valence-electron chi connectivity index (χ3n) is 5.21. The van der Waals surface area contributed by atoms with E-state index in [2.05, 4.69) is 39.1 Å². The maximum Gasteiger partial charge on any atom is 0.0991 e. The minimum atomic E-state index is -0.451. The fourth-order valence-electron chi connectivity index (χ4n) is 3.66. The van der Waals surface area contributed by atoms with Gasteiger partial charge in [-0.05, 0) is 61.7 Å². The number of rotatable bonds is 5. The van der Waals surface area contributed by atoms with E-state index < -0.39 is 6.10 Å². The number of imidazole rings is 1. The van der Waals surface area contributed by atoms with Gasteiger partial charge in [0.1, 0.15) is 0 Å². The molecule has 2 aromatic heterocycles. The number of piperidine rings is 1. The molecule has 1 aliphatic rings. The molecule has 1 unspecified atom stereocenters. The Labute approximate surface area is 154 Å². The van der Waals surface area contributed by atoms with Crippen LogP contribution in [0.25, 0.3) is 5.69 Å². The van der Waals surface area contributed by atoms with Crippen molar-refractivity contribution in [3.05, 3.63) is 78.6 Å². The molecule has 0 spiro atoms. The lowest BCUT2D eigenvalue weighted by Gasteiger charge is -2.34. The lowest BCUT2D eigenvalue weighted by atomic mass is 9.89. The van der Waals surface area contributed by atoms with Crippen molar-refractivity contribution < 1.29 is 5.11 Å². The second-order valence-corrected chi connectivity index (χ2v) is 6.95. The average Bonchev–Trinajstić information content (AvgIpc) is 3.24. The molecule has 1 saturated heterocycles. The van der Waals surface area contributed by atoms with E-state index >= 15 is 0 Å². The first-order valence-corrected chi connectivity index (χ1v) is 9.18. The topological polar surface area (TPSA) is 54.2 Å². The number of aliphatic hydroxyl groups is 1. The van der Waals surface area contributed by atoms with Crippen molar-refractivity contribution in [2.75, 3.05) is 13.1 Å². The van der Waals surface area contributed by atoms with Gasteiger partial charge in [-0.15, -0.1) is 0 Å². The summed E-state index contributed by atoms with van der Waals surface area (Å²) in [7, 11) is 0. The predicted molar refractivity (Wildman–Crippen MR) is 101 cm³/mol. The molecule has 3 heterocycles. The standard InChI is InChI=1S/C21H24N4O/c26-21(20-3-1-2-10-23-20)18-8-12-24(13-9-18)15-17-4-6-19(7-5-17)25-14-11-22-16-25/h1-7,10-11,14,16,18,21,26H,8-9,12-13,15H2. The van der Waals surface area contributed by atoms with Gasteiger partial charge in [0, 0.05) is 30.8 Å². The number of pyridine rings is 1. The molecule has 1 aliphatic heterocycles. The summed E-state index contributed by atoms with van der Waals surface area (Å²) in [6.07, 6.45) is 8.86. The molecule has 0 saturated carbocycles. The van der Waals surface area contributed by atoms with Gasteiger partial charge >= 0.3 is 0 Å². The van der Waals surface area contributed by atoms with E-state index in [1.54, 1.807) is 12.4 Å². The van der Waals surface area contributed by atoms with Crippen LogP contribution < -0.4 is 0 Å². The molecule has 1 atom stereocenters. The highest BCUT2D eigenvalue weighted by Crippen LogP contribution is 2.30. The lowest BCUT2D eigenvalue weighted by molar-refractivity contribution is 0.0540. The van der Waals surface area contributed by atoms with Crippen LogP contribution in [0.3, 0.4) is 0 Å². The van der Waals surface area contributed by atoms with E-state index in [1.165, 1.54) is 5.56 Å². The molecule has 1 fully saturated rings. The first-order chi connectivity index (χ1) is 12.8. The van der Waals surface area contributed by atoms with Crippen LogP contribution in [-0.4, -0.2) is 37.6 Å². The van der Waals surface area contributed by atoms with Gasteiger partial charge in [-0.3, -0.25) is 9.88 Å². The third kappa shape index (κ3) is 3.84. The zero-order chi connectivity index (χ0) is 17.8. The van der Waals surface area contributed by atoms with E-state index in [-0.39, 0.29) is 0 Å². The van der Waals surface area contributed by atoms with Crippen LogP contribution in [0.4, 0.5) is 0 Å². The number of benzene rings is 1. The molecule has 5 nitrogen and oxygen atoms in total. The first-order valence-electron chi connectivity index (χ1n) is 9.18. The van der Waals surface area contributed by atoms with Crippen LogP contribution in [0.2, 0.25) is 0 Å². The highest BCUT2D eigenvalue weighted by molar-refractivity contribution is 5.34. The van der Waals surface area contributed by atoms with E-state index in [1.807, 2.05) is 35.3 Å². The summed E-state index contributed by atoms with van der Waals surface area (Å²) in [6, 6.07) is 14.4. The monoisotopic (exact) mass is 348 g/mol. The maximum atomic E-state index is 10.6. The number of aliphatic hydroxyl groups excluding tert-OH is 1. The summed E-state index contributed by atoms with van der Waals surface area (Å²) in [4.78, 5) is 10.9. The molecular weight excluding hydrogens is 324 g/mol. The van der Waals surface area contributed by atoms with Crippen molar-refractivity contribution in [2.24, 2.45) is 5.92 Å². The molecular formula is C21H24N4O. The van der Waals surface area contributed by atoms with Crippen molar-refractivity contribution in [3.63, 3.8) is 0 Å². The molecule has 0 radical (unpaired) electrons. The number of hydrogen-bond acceptors (Lipinski definition) is 4. The second kappa shape index (κ2) is 7.81. The van der Waals surface area contributed by atoms with Gasteiger partial charge in [-0.25, -0.2) is 4.98 Å². The van der Waals surface area contributed by atoms with Crippen LogP contribution in [0.1, 0.15) is 30.2 Å². The van der Waals surface area contributed by atoms with Crippen molar-refractivity contribution in [3.8, 4) is 5.69 Å². The summed E-state index contributed by atoms with van der Waals surface area (Å²) in [6.45, 7) is 2.98. The van der Waals surface area contributed by atoms with Crippen molar-refractivity contribution in [1.29, 1.82) is 0 Å². The fraction of sp³-hybridized carbons (Fsp3) is 0.333. The Morgan fingerprint density at radius 1 is 1.04 bits per heavy atom. The van der Waals surface area contributed by atoms with Gasteiger partial charge < -0.3 is 9.67 Å². The summed E-state index contributed by atoms with van der Waals surface area (Å²) in [5.74, 6) is 0.296. The van der Waals surface area contributed by atoms with Crippen molar-refractivity contribution in [2.45, 2.75) is 25.5 Å². The summed E-state index contributed by atoms with van der Waals surface area (Å²) < 4.78 is 2.01. The molecule has 3 aromatic rings. The third-order valence-corrected chi connectivity index (χ3v) is 5.21. The summed E-state index contributed by atoms with van der Waals surface area (Å²) >= 11 is 0. The predicted octanol–water partition coefficient (Wildman–Crippen LogP) is 3.21. The first kappa shape index (κ1) is 16.9. The van der Waals surface area contributed by atoms with Gasteiger partial charge in [0.2, 0.25) is 0 Å². The Hall–Kier alpha value is -2.50. The Morgan fingerprint density at radius 2 is 1.85 bits per heavy atom. The maximum absolute atomic E-state index is 10.6. The van der Waals surface area contributed by atoms with Crippen LogP contribution in [-0.2, 0) is 6.54 Å². The number of nitrogens with zero attached hydrogens (tertiary/aromatic N) is 4. The number of aromatic nitrogens is 3. The molecule has 5 heteroatoms. The molecule has 1 aromatic carbocycles. The van der Waals surface area contributed by atoms with Gasteiger partial charge in [0.25, 0.3) is 0 Å². The molecule has 4 rings (SSSR count). The van der Waals surface area contributed by atoms with E-state index in [4.69, 9.17) is 0 Å².